The molecular formula is C41H52F3N3O9S. The Morgan fingerprint density at radius 1 is 1.12 bits per heavy atom. The predicted molar refractivity (Wildman–Crippen MR) is 203 cm³/mol. The first kappa shape index (κ1) is 42.4. The van der Waals surface area contributed by atoms with Gasteiger partial charge in [0.1, 0.15) is 11.9 Å². The van der Waals surface area contributed by atoms with E-state index in [4.69, 9.17) is 14.2 Å². The summed E-state index contributed by atoms with van der Waals surface area (Å²) >= 11 is 0. The molecular weight excluding hydrogens is 768 g/mol. The molecule has 2 aromatic rings. The normalized spacial score (nSPS) is 30.2. The first-order chi connectivity index (χ1) is 26.8. The van der Waals surface area contributed by atoms with Gasteiger partial charge in [-0.2, -0.15) is 13.2 Å². The van der Waals surface area contributed by atoms with E-state index in [9.17, 15) is 40.8 Å². The number of sulfonamides is 1. The van der Waals surface area contributed by atoms with Crippen molar-refractivity contribution in [2.75, 3.05) is 13.2 Å². The van der Waals surface area contributed by atoms with Gasteiger partial charge in [-0.25, -0.2) is 13.4 Å². The molecule has 2 saturated carbocycles. The van der Waals surface area contributed by atoms with Crippen LogP contribution in [-0.2, 0) is 33.9 Å². The lowest BCUT2D eigenvalue weighted by Crippen LogP contribution is -2.48. The van der Waals surface area contributed by atoms with Gasteiger partial charge in [0, 0.05) is 24.4 Å². The molecule has 2 amide bonds. The Balaban J connectivity index is 1.34. The maximum atomic E-state index is 14.8. The lowest BCUT2D eigenvalue weighted by Gasteiger charge is -2.32. The number of alkyl halides is 3. The van der Waals surface area contributed by atoms with E-state index in [1.54, 1.807) is 38.2 Å². The van der Waals surface area contributed by atoms with E-state index >= 15 is 0 Å². The highest BCUT2D eigenvalue weighted by Gasteiger charge is 2.62. The molecule has 57 heavy (non-hydrogen) atoms. The highest BCUT2D eigenvalue weighted by Crippen LogP contribution is 2.57. The number of carbonyl (C=O) groups is 4. The van der Waals surface area contributed by atoms with Crippen LogP contribution < -0.4 is 14.2 Å². The molecule has 16 heteroatoms. The monoisotopic (exact) mass is 819 g/mol. The van der Waals surface area contributed by atoms with Crippen molar-refractivity contribution < 1.29 is 55.0 Å². The van der Waals surface area contributed by atoms with E-state index in [0.29, 0.717) is 49.8 Å². The van der Waals surface area contributed by atoms with Crippen molar-refractivity contribution in [2.24, 2.45) is 29.1 Å². The number of hydrogen-bond donors (Lipinski definition) is 1. The Morgan fingerprint density at radius 3 is 2.54 bits per heavy atom. The molecule has 12 nitrogen and oxygen atoms in total. The topological polar surface area (TPSA) is 158 Å². The second-order valence-corrected chi connectivity index (χ2v) is 18.9. The molecule has 3 fully saturated rings. The van der Waals surface area contributed by atoms with Crippen LogP contribution in [0.5, 0.6) is 11.6 Å². The van der Waals surface area contributed by atoms with Crippen LogP contribution in [0.2, 0.25) is 0 Å². The Morgan fingerprint density at radius 2 is 1.86 bits per heavy atom. The number of ketones is 1. The average molecular weight is 820 g/mol. The summed E-state index contributed by atoms with van der Waals surface area (Å²) in [5.74, 6) is -4.21. The van der Waals surface area contributed by atoms with Crippen LogP contribution in [0.3, 0.4) is 0 Å². The number of ether oxygens (including phenoxy) is 3. The fraction of sp³-hybridized carbons (Fsp3) is 0.634. The smallest absolute Gasteiger partial charge is 0.425 e. The van der Waals surface area contributed by atoms with Crippen LogP contribution in [0.25, 0.3) is 10.8 Å². The fourth-order valence-corrected chi connectivity index (χ4v) is 9.55. The van der Waals surface area contributed by atoms with Crippen LogP contribution in [0, 0.1) is 29.1 Å². The van der Waals surface area contributed by atoms with Crippen molar-refractivity contribution in [3.05, 3.63) is 42.6 Å². The van der Waals surface area contributed by atoms with Gasteiger partial charge in [0.15, 0.2) is 11.9 Å². The minimum absolute atomic E-state index is 0.0126. The summed E-state index contributed by atoms with van der Waals surface area (Å²) in [6.07, 6.45) is -0.892. The van der Waals surface area contributed by atoms with Crippen molar-refractivity contribution >= 4 is 44.4 Å². The van der Waals surface area contributed by atoms with Crippen molar-refractivity contribution in [2.45, 2.75) is 122 Å². The Bertz CT molecular complexity index is 2020. The number of nitrogens with zero attached hydrogens (tertiary/aromatic N) is 2. The standard InChI is InChI=1S/C41H52F3N3O9S/c1-6-54-29-11-12-31-27(18-29)13-16-45-36(31)56-30-19-33-34(48)22-40(38(51)46-57(52,53)39(5)14-15-39)21-28(40)10-8-7-9-24(2)17-25(3)32(37(50)47(33)23-30)20-35(49)55-26(4)41(42,43)44/h8,10-13,16,18,24-26,28,30,32-33H,6-7,9,14-15,17,19-23H2,1-5H3,(H,46,51)/b10-8-/t24-,25-,26-,28-,30-,32+,33+,40-/m1/s1. The number of pyridine rings is 1. The minimum atomic E-state index is -4.80. The van der Waals surface area contributed by atoms with Crippen molar-refractivity contribution in [1.29, 1.82) is 0 Å². The van der Waals surface area contributed by atoms with Gasteiger partial charge >= 0.3 is 12.1 Å². The van der Waals surface area contributed by atoms with E-state index in [0.717, 1.165) is 12.3 Å². The van der Waals surface area contributed by atoms with Gasteiger partial charge in [0.2, 0.25) is 27.7 Å². The number of rotatable bonds is 10. The number of carbonyl (C=O) groups excluding carboxylic acids is 4. The third kappa shape index (κ3) is 9.25. The zero-order chi connectivity index (χ0) is 41.5. The number of aromatic nitrogens is 1. The molecule has 3 heterocycles. The number of allylic oxidation sites excluding steroid dienone is 2. The summed E-state index contributed by atoms with van der Waals surface area (Å²) in [4.78, 5) is 62.1. The maximum Gasteiger partial charge on any atom is 0.425 e. The third-order valence-electron chi connectivity index (χ3n) is 12.2. The van der Waals surface area contributed by atoms with Crippen molar-refractivity contribution in [1.82, 2.24) is 14.6 Å². The number of hydrogen-bond acceptors (Lipinski definition) is 10. The van der Waals surface area contributed by atoms with E-state index < -0.39 is 92.4 Å². The molecule has 0 radical (unpaired) electrons. The fourth-order valence-electron chi connectivity index (χ4n) is 8.21. The Kier molecular flexibility index (Phi) is 12.1. The second-order valence-electron chi connectivity index (χ2n) is 16.7. The highest BCUT2D eigenvalue weighted by atomic mass is 32.2. The van der Waals surface area contributed by atoms with Gasteiger partial charge in [-0.3, -0.25) is 23.9 Å². The number of halogens is 3. The number of nitrogens with one attached hydrogen (secondary N) is 1. The summed E-state index contributed by atoms with van der Waals surface area (Å²) in [6.45, 7) is 8.24. The third-order valence-corrected chi connectivity index (χ3v) is 14.4. The number of esters is 1. The molecule has 0 bridgehead atoms. The first-order valence-electron chi connectivity index (χ1n) is 19.8. The molecule has 8 atom stereocenters. The van der Waals surface area contributed by atoms with Gasteiger partial charge in [0.25, 0.3) is 0 Å². The summed E-state index contributed by atoms with van der Waals surface area (Å²) < 4.78 is 84.5. The SMILES string of the molecule is CCOc1ccc2c(O[C@@H]3C[C@H]4C(=O)C[C@]5(C(=O)NS(=O)(=O)C6(C)CC6)C[C@H]5/C=C\CC[C@@H](C)C[C@@H](C)[C@H](CC(=O)O[C@H](C)C(F)(F)F)C(=O)N4C3)nccc2c1. The van der Waals surface area contributed by atoms with E-state index in [1.807, 2.05) is 32.1 Å². The molecule has 1 saturated heterocycles. The summed E-state index contributed by atoms with van der Waals surface area (Å²) in [6, 6.07) is 6.03. The van der Waals surface area contributed by atoms with Gasteiger partial charge in [0.05, 0.1) is 41.7 Å². The van der Waals surface area contributed by atoms with Gasteiger partial charge in [-0.15, -0.1) is 0 Å². The molecule has 1 aromatic heterocycles. The van der Waals surface area contributed by atoms with Crippen LogP contribution in [0.4, 0.5) is 13.2 Å². The van der Waals surface area contributed by atoms with Crippen molar-refractivity contribution in [3.63, 3.8) is 0 Å². The van der Waals surface area contributed by atoms with Gasteiger partial charge < -0.3 is 19.1 Å². The lowest BCUT2D eigenvalue weighted by atomic mass is 9.82. The lowest BCUT2D eigenvalue weighted by molar-refractivity contribution is -0.216. The Hall–Kier alpha value is -4.21. The second kappa shape index (κ2) is 16.2. The molecule has 6 rings (SSSR count). The average Bonchev–Trinajstić information content (AvgIpc) is 4.01. The number of fused-ring (bicyclic) bond motifs is 3. The zero-order valence-electron chi connectivity index (χ0n) is 33.0. The van der Waals surface area contributed by atoms with Gasteiger partial charge in [-0.1, -0.05) is 26.0 Å². The van der Waals surface area contributed by atoms with Gasteiger partial charge in [-0.05, 0) is 107 Å². The molecule has 2 aliphatic carbocycles. The Labute approximate surface area is 331 Å². The molecule has 312 valence electrons. The summed E-state index contributed by atoms with van der Waals surface area (Å²) in [7, 11) is -4.02. The highest BCUT2D eigenvalue weighted by molar-refractivity contribution is 7.91. The van der Waals surface area contributed by atoms with Crippen LogP contribution in [-0.4, -0.2) is 84.2 Å². The molecule has 1 aromatic carbocycles. The molecule has 2 aliphatic heterocycles. The summed E-state index contributed by atoms with van der Waals surface area (Å²) in [5.41, 5.74) is -1.37. The van der Waals surface area contributed by atoms with Crippen LogP contribution >= 0.6 is 0 Å². The minimum Gasteiger partial charge on any atom is -0.494 e. The number of Topliss-reactive ketones (excluding diaryl/α,β-unsaturated/α-hetero) is 1. The molecule has 0 spiro atoms. The van der Waals surface area contributed by atoms with Crippen LogP contribution in [0.1, 0.15) is 92.4 Å². The molecule has 0 unspecified atom stereocenters. The van der Waals surface area contributed by atoms with E-state index in [1.165, 1.54) is 4.90 Å². The quantitative estimate of drug-likeness (QED) is 0.209. The molecule has 1 N–H and O–H groups in total. The van der Waals surface area contributed by atoms with Crippen molar-refractivity contribution in [3.8, 4) is 11.6 Å². The largest absolute Gasteiger partial charge is 0.494 e. The molecule has 4 aliphatic rings. The number of benzene rings is 1. The van der Waals surface area contributed by atoms with Crippen LogP contribution in [0.15, 0.2) is 42.6 Å². The van der Waals surface area contributed by atoms with E-state index in [2.05, 4.69) is 9.71 Å². The summed E-state index contributed by atoms with van der Waals surface area (Å²) in [5, 5.41) is 1.43. The first-order valence-corrected chi connectivity index (χ1v) is 21.3. The maximum absolute atomic E-state index is 14.8. The van der Waals surface area contributed by atoms with E-state index in [-0.39, 0.29) is 37.6 Å². The zero-order valence-corrected chi connectivity index (χ0v) is 33.8. The number of amides is 2. The predicted octanol–water partition coefficient (Wildman–Crippen LogP) is 6.46.